The predicted molar refractivity (Wildman–Crippen MR) is 142 cm³/mol. The van der Waals surface area contributed by atoms with Crippen molar-refractivity contribution in [3.63, 3.8) is 0 Å². The SMILES string of the molecule is COc1cccc(N2C(=O)[C@@H]3[C@@H](C(C)C)N[C@@]4(c5ccccc5-n5c4nc4ccccc4c5=O)[C@H]3C2=O)c1. The number of rotatable bonds is 3. The van der Waals surface area contributed by atoms with Crippen molar-refractivity contribution < 1.29 is 14.3 Å². The van der Waals surface area contributed by atoms with Gasteiger partial charge in [0.1, 0.15) is 17.1 Å². The molecule has 8 heteroatoms. The van der Waals surface area contributed by atoms with Gasteiger partial charge >= 0.3 is 0 Å². The highest BCUT2D eigenvalue weighted by molar-refractivity contribution is 6.23. The summed E-state index contributed by atoms with van der Waals surface area (Å²) < 4.78 is 6.99. The molecule has 0 saturated carbocycles. The standard InChI is InChI=1S/C30H26N4O4/c1-16(2)25-23-24(28(37)33(27(23)36)17-9-8-10-18(15-17)38-3)30(32-25)20-12-5-7-14-22(20)34-26(35)19-11-4-6-13-21(19)31-29(30)34/h4-16,23-25,32H,1-3H3/t23-,24+,25+,30-/m0/s1. The molecule has 0 aliphatic carbocycles. The van der Waals surface area contributed by atoms with E-state index < -0.39 is 17.4 Å². The highest BCUT2D eigenvalue weighted by atomic mass is 16.5. The van der Waals surface area contributed by atoms with Gasteiger partial charge in [-0.05, 0) is 36.2 Å². The van der Waals surface area contributed by atoms with Crippen LogP contribution in [0.5, 0.6) is 5.75 Å². The summed E-state index contributed by atoms with van der Waals surface area (Å²) in [6, 6.07) is 21.5. The van der Waals surface area contributed by atoms with E-state index in [1.54, 1.807) is 42.0 Å². The Hall–Kier alpha value is -4.30. The molecule has 2 fully saturated rings. The van der Waals surface area contributed by atoms with Crippen LogP contribution in [0.1, 0.15) is 25.2 Å². The number of amides is 2. The lowest BCUT2D eigenvalue weighted by Gasteiger charge is -2.32. The van der Waals surface area contributed by atoms with Crippen LogP contribution in [0.4, 0.5) is 5.69 Å². The van der Waals surface area contributed by atoms with Crippen LogP contribution in [-0.4, -0.2) is 34.5 Å². The molecule has 0 radical (unpaired) electrons. The van der Waals surface area contributed by atoms with Gasteiger partial charge in [-0.15, -0.1) is 0 Å². The maximum absolute atomic E-state index is 14.4. The Bertz CT molecular complexity index is 1730. The molecule has 0 unspecified atom stereocenters. The van der Waals surface area contributed by atoms with Crippen LogP contribution < -0.4 is 20.5 Å². The molecule has 2 amide bonds. The third-order valence-electron chi connectivity index (χ3n) is 8.33. The number of hydrogen-bond acceptors (Lipinski definition) is 6. The average Bonchev–Trinajstić information content (AvgIpc) is 3.52. The van der Waals surface area contributed by atoms with Crippen LogP contribution in [0.3, 0.4) is 0 Å². The number of methoxy groups -OCH3 is 1. The summed E-state index contributed by atoms with van der Waals surface area (Å²) in [6.45, 7) is 4.09. The summed E-state index contributed by atoms with van der Waals surface area (Å²) in [6.07, 6.45) is 0. The van der Waals surface area contributed by atoms with Gasteiger partial charge in [0.05, 0.1) is 41.2 Å². The van der Waals surface area contributed by atoms with E-state index in [1.807, 2.05) is 56.3 Å². The number of benzene rings is 3. The Kier molecular flexibility index (Phi) is 4.72. The van der Waals surface area contributed by atoms with Crippen LogP contribution in [0.25, 0.3) is 16.6 Å². The summed E-state index contributed by atoms with van der Waals surface area (Å²) in [5.41, 5.74) is 1.17. The van der Waals surface area contributed by atoms with Crippen molar-refractivity contribution >= 4 is 28.4 Å². The van der Waals surface area contributed by atoms with E-state index in [0.29, 0.717) is 33.9 Å². The Morgan fingerprint density at radius 1 is 0.947 bits per heavy atom. The van der Waals surface area contributed by atoms with Gasteiger partial charge in [-0.3, -0.25) is 24.3 Å². The number of anilines is 1. The molecule has 1 spiro atoms. The lowest BCUT2D eigenvalue weighted by Crippen LogP contribution is -2.51. The van der Waals surface area contributed by atoms with E-state index in [1.165, 1.54) is 4.90 Å². The van der Waals surface area contributed by atoms with E-state index in [2.05, 4.69) is 5.32 Å². The summed E-state index contributed by atoms with van der Waals surface area (Å²) in [7, 11) is 1.55. The fourth-order valence-corrected chi connectivity index (χ4v) is 6.73. The summed E-state index contributed by atoms with van der Waals surface area (Å²) >= 11 is 0. The monoisotopic (exact) mass is 506 g/mol. The van der Waals surface area contributed by atoms with Gasteiger partial charge in [0, 0.05) is 17.7 Å². The molecule has 190 valence electrons. The molecular weight excluding hydrogens is 480 g/mol. The average molecular weight is 507 g/mol. The van der Waals surface area contributed by atoms with Crippen molar-refractivity contribution in [2.24, 2.45) is 17.8 Å². The number of carbonyl (C=O) groups excluding carboxylic acids is 2. The van der Waals surface area contributed by atoms with E-state index in [0.717, 1.165) is 5.56 Å². The van der Waals surface area contributed by atoms with E-state index in [9.17, 15) is 14.4 Å². The topological polar surface area (TPSA) is 93.5 Å². The predicted octanol–water partition coefficient (Wildman–Crippen LogP) is 3.38. The highest BCUT2D eigenvalue weighted by Gasteiger charge is 2.70. The summed E-state index contributed by atoms with van der Waals surface area (Å²) in [5.74, 6) is -0.922. The normalized spacial score (nSPS) is 25.4. The third kappa shape index (κ3) is 2.73. The summed E-state index contributed by atoms with van der Waals surface area (Å²) in [4.78, 5) is 48.6. The molecule has 7 rings (SSSR count). The number of imide groups is 1. The number of ether oxygens (including phenoxy) is 1. The quantitative estimate of drug-likeness (QED) is 0.428. The fraction of sp³-hybridized carbons (Fsp3) is 0.267. The fourth-order valence-electron chi connectivity index (χ4n) is 6.73. The minimum absolute atomic E-state index is 0.0391. The van der Waals surface area contributed by atoms with Gasteiger partial charge in [0.25, 0.3) is 5.56 Å². The lowest BCUT2D eigenvalue weighted by molar-refractivity contribution is -0.123. The molecule has 0 bridgehead atoms. The first-order valence-corrected chi connectivity index (χ1v) is 12.8. The zero-order valence-electron chi connectivity index (χ0n) is 21.2. The molecule has 4 heterocycles. The molecule has 38 heavy (non-hydrogen) atoms. The molecule has 3 aromatic carbocycles. The van der Waals surface area contributed by atoms with Crippen LogP contribution in [0, 0.1) is 17.8 Å². The van der Waals surface area contributed by atoms with Crippen molar-refractivity contribution in [3.05, 3.63) is 94.5 Å². The van der Waals surface area contributed by atoms with Crippen LogP contribution in [0.2, 0.25) is 0 Å². The smallest absolute Gasteiger partial charge is 0.266 e. The number of para-hydroxylation sites is 2. The largest absolute Gasteiger partial charge is 0.497 e. The molecule has 8 nitrogen and oxygen atoms in total. The van der Waals surface area contributed by atoms with E-state index >= 15 is 0 Å². The molecule has 4 atom stereocenters. The van der Waals surface area contributed by atoms with E-state index in [-0.39, 0.29) is 29.3 Å². The van der Waals surface area contributed by atoms with Gasteiger partial charge in [0.15, 0.2) is 0 Å². The first kappa shape index (κ1) is 22.9. The molecule has 3 aliphatic rings. The maximum atomic E-state index is 14.4. The van der Waals surface area contributed by atoms with Crippen molar-refractivity contribution in [1.82, 2.24) is 14.9 Å². The second-order valence-corrected chi connectivity index (χ2v) is 10.5. The lowest BCUT2D eigenvalue weighted by atomic mass is 9.75. The number of nitrogens with one attached hydrogen (secondary N) is 1. The number of aromatic nitrogens is 2. The summed E-state index contributed by atoms with van der Waals surface area (Å²) in [5, 5.41) is 4.22. The van der Waals surface area contributed by atoms with Crippen molar-refractivity contribution in [1.29, 1.82) is 0 Å². The Labute approximate surface area is 218 Å². The second-order valence-electron chi connectivity index (χ2n) is 10.5. The third-order valence-corrected chi connectivity index (χ3v) is 8.33. The number of fused-ring (bicyclic) bond motifs is 8. The van der Waals surface area contributed by atoms with Crippen molar-refractivity contribution in [3.8, 4) is 11.4 Å². The molecule has 4 aromatic rings. The van der Waals surface area contributed by atoms with Crippen molar-refractivity contribution in [2.75, 3.05) is 12.0 Å². The maximum Gasteiger partial charge on any atom is 0.266 e. The van der Waals surface area contributed by atoms with Crippen molar-refractivity contribution in [2.45, 2.75) is 25.4 Å². The molecular formula is C30H26N4O4. The first-order chi connectivity index (χ1) is 18.4. The zero-order valence-corrected chi connectivity index (χ0v) is 21.2. The van der Waals surface area contributed by atoms with Gasteiger partial charge in [0.2, 0.25) is 11.8 Å². The van der Waals surface area contributed by atoms with Crippen LogP contribution in [0.15, 0.2) is 77.6 Å². The zero-order chi connectivity index (χ0) is 26.3. The molecule has 1 aromatic heterocycles. The number of nitrogens with zero attached hydrogens (tertiary/aromatic N) is 3. The van der Waals surface area contributed by atoms with Crippen LogP contribution >= 0.6 is 0 Å². The Balaban J connectivity index is 1.52. The second kappa shape index (κ2) is 7.85. The Morgan fingerprint density at radius 3 is 2.50 bits per heavy atom. The molecule has 3 aliphatic heterocycles. The number of hydrogen-bond donors (Lipinski definition) is 1. The molecule has 1 N–H and O–H groups in total. The van der Waals surface area contributed by atoms with Gasteiger partial charge in [-0.2, -0.15) is 0 Å². The van der Waals surface area contributed by atoms with Crippen LogP contribution in [-0.2, 0) is 15.1 Å². The van der Waals surface area contributed by atoms with Gasteiger partial charge < -0.3 is 4.74 Å². The van der Waals surface area contributed by atoms with Gasteiger partial charge in [-0.25, -0.2) is 9.88 Å². The minimum atomic E-state index is -1.14. The number of carbonyl (C=O) groups is 2. The minimum Gasteiger partial charge on any atom is -0.497 e. The van der Waals surface area contributed by atoms with E-state index in [4.69, 9.17) is 9.72 Å². The highest BCUT2D eigenvalue weighted by Crippen LogP contribution is 2.56. The Morgan fingerprint density at radius 2 is 1.71 bits per heavy atom. The molecule has 2 saturated heterocycles. The first-order valence-electron chi connectivity index (χ1n) is 12.8. The van der Waals surface area contributed by atoms with Gasteiger partial charge in [-0.1, -0.05) is 50.2 Å².